The molecule has 0 saturated carbocycles. The lowest BCUT2D eigenvalue weighted by molar-refractivity contribution is -0.137. The Morgan fingerprint density at radius 1 is 1.14 bits per heavy atom. The Morgan fingerprint density at radius 3 is 2.55 bits per heavy atom. The van der Waals surface area contributed by atoms with E-state index in [1.165, 1.54) is 12.1 Å². The van der Waals surface area contributed by atoms with Gasteiger partial charge in [-0.3, -0.25) is 4.79 Å². The third kappa shape index (κ3) is 4.27. The lowest BCUT2D eigenvalue weighted by atomic mass is 10.1. The molecule has 0 fully saturated rings. The van der Waals surface area contributed by atoms with Gasteiger partial charge in [0.25, 0.3) is 5.91 Å². The molecule has 0 aromatic heterocycles. The molecule has 0 heterocycles. The molecule has 2 aromatic carbocycles. The number of benzene rings is 2. The number of rotatable bonds is 4. The minimum atomic E-state index is -4.43. The number of anilines is 1. The van der Waals surface area contributed by atoms with Gasteiger partial charge < -0.3 is 5.32 Å². The van der Waals surface area contributed by atoms with Gasteiger partial charge in [0.05, 0.1) is 5.56 Å². The van der Waals surface area contributed by atoms with Gasteiger partial charge in [0, 0.05) is 17.0 Å². The molecule has 0 atom stereocenters. The largest absolute Gasteiger partial charge is 0.416 e. The summed E-state index contributed by atoms with van der Waals surface area (Å²) in [6, 6.07) is 11.6. The Hall–Kier alpha value is -1.95. The monoisotopic (exact) mass is 325 g/mol. The van der Waals surface area contributed by atoms with Crippen molar-refractivity contribution in [2.75, 3.05) is 11.6 Å². The average Bonchev–Trinajstić information content (AvgIpc) is 2.47. The van der Waals surface area contributed by atoms with Crippen molar-refractivity contribution in [3.05, 3.63) is 65.2 Å². The van der Waals surface area contributed by atoms with Crippen LogP contribution >= 0.6 is 11.8 Å². The Bertz CT molecular complexity index is 670. The number of thioether (sulfide) groups is 1. The molecule has 0 aliphatic rings. The number of carbonyl (C=O) groups excluding carboxylic acids is 1. The highest BCUT2D eigenvalue weighted by molar-refractivity contribution is 7.97. The highest BCUT2D eigenvalue weighted by Gasteiger charge is 2.30. The molecule has 6 heteroatoms. The molecular formula is C16H14F3NOS. The SMILES string of the molecule is CSCc1cccc(C(=O)Nc2cccc(C(F)(F)F)c2)c1. The Labute approximate surface area is 130 Å². The van der Waals surface area contributed by atoms with Gasteiger partial charge in [-0.25, -0.2) is 0 Å². The van der Waals surface area contributed by atoms with Crippen molar-refractivity contribution in [3.63, 3.8) is 0 Å². The number of amides is 1. The zero-order chi connectivity index (χ0) is 16.2. The molecule has 0 bridgehead atoms. The van der Waals surface area contributed by atoms with Gasteiger partial charge in [-0.1, -0.05) is 18.2 Å². The lowest BCUT2D eigenvalue weighted by Gasteiger charge is -2.10. The number of halogens is 3. The van der Waals surface area contributed by atoms with Crippen molar-refractivity contribution in [1.82, 2.24) is 0 Å². The average molecular weight is 325 g/mol. The summed E-state index contributed by atoms with van der Waals surface area (Å²) in [4.78, 5) is 12.1. The summed E-state index contributed by atoms with van der Waals surface area (Å²) >= 11 is 1.63. The molecule has 0 spiro atoms. The first-order valence-electron chi connectivity index (χ1n) is 6.46. The molecule has 2 rings (SSSR count). The Morgan fingerprint density at radius 2 is 1.86 bits per heavy atom. The molecule has 0 unspecified atom stereocenters. The predicted molar refractivity (Wildman–Crippen MR) is 83.1 cm³/mol. The van der Waals surface area contributed by atoms with Crippen LogP contribution in [0.4, 0.5) is 18.9 Å². The van der Waals surface area contributed by atoms with Gasteiger partial charge in [-0.2, -0.15) is 24.9 Å². The van der Waals surface area contributed by atoms with E-state index in [4.69, 9.17) is 0 Å². The topological polar surface area (TPSA) is 29.1 Å². The van der Waals surface area contributed by atoms with Crippen molar-refractivity contribution in [1.29, 1.82) is 0 Å². The second-order valence-corrected chi connectivity index (χ2v) is 5.53. The van der Waals surface area contributed by atoms with Gasteiger partial charge in [-0.15, -0.1) is 0 Å². The van der Waals surface area contributed by atoms with Crippen LogP contribution in [0.2, 0.25) is 0 Å². The van der Waals surface area contributed by atoms with Crippen LogP contribution in [-0.2, 0) is 11.9 Å². The summed E-state index contributed by atoms with van der Waals surface area (Å²) < 4.78 is 38.0. The van der Waals surface area contributed by atoms with E-state index >= 15 is 0 Å². The molecule has 0 radical (unpaired) electrons. The number of carbonyl (C=O) groups is 1. The van der Waals surface area contributed by atoms with Crippen LogP contribution in [-0.4, -0.2) is 12.2 Å². The summed E-state index contributed by atoms with van der Waals surface area (Å²) in [5.74, 6) is 0.340. The van der Waals surface area contributed by atoms with E-state index in [1.54, 1.807) is 30.0 Å². The second kappa shape index (κ2) is 6.87. The number of alkyl halides is 3. The van der Waals surface area contributed by atoms with Crippen LogP contribution in [0.1, 0.15) is 21.5 Å². The van der Waals surface area contributed by atoms with E-state index < -0.39 is 17.6 Å². The molecule has 0 aliphatic carbocycles. The van der Waals surface area contributed by atoms with Crippen molar-refractivity contribution in [2.45, 2.75) is 11.9 Å². The molecule has 0 saturated heterocycles. The maximum atomic E-state index is 12.7. The maximum absolute atomic E-state index is 12.7. The van der Waals surface area contributed by atoms with Crippen molar-refractivity contribution in [3.8, 4) is 0 Å². The van der Waals surface area contributed by atoms with Gasteiger partial charge in [-0.05, 0) is 42.2 Å². The minimum Gasteiger partial charge on any atom is -0.322 e. The van der Waals surface area contributed by atoms with Crippen molar-refractivity contribution >= 4 is 23.4 Å². The molecule has 116 valence electrons. The van der Waals surface area contributed by atoms with Crippen LogP contribution in [0.3, 0.4) is 0 Å². The zero-order valence-corrected chi connectivity index (χ0v) is 12.6. The molecule has 2 nitrogen and oxygen atoms in total. The first kappa shape index (κ1) is 16.4. The van der Waals surface area contributed by atoms with Crippen LogP contribution in [0, 0.1) is 0 Å². The third-order valence-electron chi connectivity index (χ3n) is 2.95. The minimum absolute atomic E-state index is 0.120. The molecular weight excluding hydrogens is 311 g/mol. The molecule has 2 aromatic rings. The molecule has 0 aliphatic heterocycles. The highest BCUT2D eigenvalue weighted by atomic mass is 32.2. The quantitative estimate of drug-likeness (QED) is 0.873. The Kier molecular flexibility index (Phi) is 5.13. The van der Waals surface area contributed by atoms with E-state index in [0.29, 0.717) is 5.56 Å². The second-order valence-electron chi connectivity index (χ2n) is 4.67. The van der Waals surface area contributed by atoms with Gasteiger partial charge in [0.15, 0.2) is 0 Å². The molecule has 22 heavy (non-hydrogen) atoms. The summed E-state index contributed by atoms with van der Waals surface area (Å²) in [7, 11) is 0. The fourth-order valence-electron chi connectivity index (χ4n) is 1.95. The van der Waals surface area contributed by atoms with Crippen LogP contribution in [0.5, 0.6) is 0 Å². The maximum Gasteiger partial charge on any atom is 0.416 e. The fraction of sp³-hybridized carbons (Fsp3) is 0.188. The van der Waals surface area contributed by atoms with Crippen LogP contribution in [0.15, 0.2) is 48.5 Å². The van der Waals surface area contributed by atoms with Crippen LogP contribution < -0.4 is 5.32 Å². The number of hydrogen-bond donors (Lipinski definition) is 1. The van der Waals surface area contributed by atoms with E-state index in [1.807, 2.05) is 12.3 Å². The first-order valence-corrected chi connectivity index (χ1v) is 7.86. The zero-order valence-electron chi connectivity index (χ0n) is 11.8. The number of hydrogen-bond acceptors (Lipinski definition) is 2. The Balaban J connectivity index is 2.17. The van der Waals surface area contributed by atoms with Gasteiger partial charge in [0.2, 0.25) is 0 Å². The van der Waals surface area contributed by atoms with Crippen LogP contribution in [0.25, 0.3) is 0 Å². The van der Waals surface area contributed by atoms with E-state index in [0.717, 1.165) is 23.4 Å². The summed E-state index contributed by atoms with van der Waals surface area (Å²) in [5.41, 5.74) is 0.740. The predicted octanol–water partition coefficient (Wildman–Crippen LogP) is 4.82. The van der Waals surface area contributed by atoms with E-state index in [-0.39, 0.29) is 5.69 Å². The van der Waals surface area contributed by atoms with Crippen molar-refractivity contribution < 1.29 is 18.0 Å². The first-order chi connectivity index (χ1) is 10.4. The smallest absolute Gasteiger partial charge is 0.322 e. The van der Waals surface area contributed by atoms with E-state index in [2.05, 4.69) is 5.32 Å². The fourth-order valence-corrected chi connectivity index (χ4v) is 2.46. The lowest BCUT2D eigenvalue weighted by Crippen LogP contribution is -2.13. The number of nitrogens with one attached hydrogen (secondary N) is 1. The normalized spacial score (nSPS) is 11.3. The molecule has 1 amide bonds. The summed E-state index contributed by atoms with van der Waals surface area (Å²) in [6.07, 6.45) is -2.48. The summed E-state index contributed by atoms with van der Waals surface area (Å²) in [6.45, 7) is 0. The van der Waals surface area contributed by atoms with Gasteiger partial charge >= 0.3 is 6.18 Å². The van der Waals surface area contributed by atoms with E-state index in [9.17, 15) is 18.0 Å². The summed E-state index contributed by atoms with van der Waals surface area (Å²) in [5, 5.41) is 2.49. The third-order valence-corrected chi connectivity index (χ3v) is 3.57. The van der Waals surface area contributed by atoms with Crippen molar-refractivity contribution in [2.24, 2.45) is 0 Å². The highest BCUT2D eigenvalue weighted by Crippen LogP contribution is 2.30. The molecule has 1 N–H and O–H groups in total. The standard InChI is InChI=1S/C16H14F3NOS/c1-22-10-11-4-2-5-12(8-11)15(21)20-14-7-3-6-13(9-14)16(17,18)19/h2-9H,10H2,1H3,(H,20,21). The van der Waals surface area contributed by atoms with Gasteiger partial charge in [0.1, 0.15) is 0 Å².